The number of rotatable bonds is 11. The Kier molecular flexibility index (Phi) is 6.95. The number of carbonyl (C=O) groups is 1. The molecule has 5 heteroatoms. The minimum absolute atomic E-state index is 0.0410. The van der Waals surface area contributed by atoms with Crippen molar-refractivity contribution in [2.24, 2.45) is 0 Å². The Bertz CT molecular complexity index is 899. The van der Waals surface area contributed by atoms with Gasteiger partial charge in [-0.15, -0.1) is 0 Å². The average molecular weight is 381 g/mol. The maximum Gasteiger partial charge on any atom is 0.323 e. The van der Waals surface area contributed by atoms with Crippen molar-refractivity contribution < 1.29 is 19.4 Å². The van der Waals surface area contributed by atoms with Crippen LogP contribution < -0.4 is 9.47 Å². The fourth-order valence-electron chi connectivity index (χ4n) is 3.12. The van der Waals surface area contributed by atoms with Gasteiger partial charge in [-0.25, -0.2) is 0 Å². The Morgan fingerprint density at radius 1 is 0.964 bits per heavy atom. The smallest absolute Gasteiger partial charge is 0.323 e. The zero-order chi connectivity index (χ0) is 19.8. The number of ether oxygens (including phenoxy) is 2. The first kappa shape index (κ1) is 19.8. The third-order valence-corrected chi connectivity index (χ3v) is 4.62. The van der Waals surface area contributed by atoms with E-state index in [9.17, 15) is 4.79 Å². The third kappa shape index (κ3) is 5.52. The van der Waals surface area contributed by atoms with Gasteiger partial charge in [-0.1, -0.05) is 25.5 Å². The molecule has 1 heterocycles. The van der Waals surface area contributed by atoms with E-state index in [0.717, 1.165) is 35.2 Å². The van der Waals surface area contributed by atoms with Crippen molar-refractivity contribution in [2.75, 3.05) is 13.2 Å². The molecule has 3 rings (SSSR count). The summed E-state index contributed by atoms with van der Waals surface area (Å²) in [7, 11) is 0. The molecule has 0 bridgehead atoms. The number of carboxylic acids is 1. The average Bonchev–Trinajstić information content (AvgIpc) is 3.08. The highest BCUT2D eigenvalue weighted by molar-refractivity contribution is 5.83. The Morgan fingerprint density at radius 3 is 2.39 bits per heavy atom. The SMILES string of the molecule is CCCCc1ccc(OCCCOc2ccc3c(ccn3CC(=O)O)c2)cc1. The highest BCUT2D eigenvalue weighted by Crippen LogP contribution is 2.22. The van der Waals surface area contributed by atoms with E-state index >= 15 is 0 Å². The number of unbranched alkanes of at least 4 members (excludes halogenated alkanes) is 1. The first-order chi connectivity index (χ1) is 13.7. The van der Waals surface area contributed by atoms with Gasteiger partial charge in [0, 0.05) is 23.5 Å². The molecule has 28 heavy (non-hydrogen) atoms. The molecule has 0 spiro atoms. The number of carboxylic acid groups (broad SMARTS) is 1. The maximum absolute atomic E-state index is 10.9. The van der Waals surface area contributed by atoms with Crippen LogP contribution in [0, 0.1) is 0 Å². The largest absolute Gasteiger partial charge is 0.493 e. The van der Waals surface area contributed by atoms with Gasteiger partial charge in [0.15, 0.2) is 0 Å². The van der Waals surface area contributed by atoms with Crippen LogP contribution in [0.1, 0.15) is 31.7 Å². The maximum atomic E-state index is 10.9. The number of benzene rings is 2. The van der Waals surface area contributed by atoms with Gasteiger partial charge in [0.25, 0.3) is 0 Å². The van der Waals surface area contributed by atoms with E-state index in [4.69, 9.17) is 14.6 Å². The van der Waals surface area contributed by atoms with Crippen molar-refractivity contribution >= 4 is 16.9 Å². The first-order valence-corrected chi connectivity index (χ1v) is 9.81. The van der Waals surface area contributed by atoms with E-state index in [-0.39, 0.29) is 6.54 Å². The molecule has 0 saturated heterocycles. The minimum Gasteiger partial charge on any atom is -0.493 e. The molecule has 0 aliphatic heterocycles. The van der Waals surface area contributed by atoms with Crippen LogP contribution in [-0.2, 0) is 17.8 Å². The van der Waals surface area contributed by atoms with Crippen molar-refractivity contribution in [3.63, 3.8) is 0 Å². The molecular formula is C23H27NO4. The number of fused-ring (bicyclic) bond motifs is 1. The normalized spacial score (nSPS) is 10.9. The van der Waals surface area contributed by atoms with Crippen LogP contribution >= 0.6 is 0 Å². The van der Waals surface area contributed by atoms with Crippen LogP contribution in [0.2, 0.25) is 0 Å². The summed E-state index contributed by atoms with van der Waals surface area (Å²) in [5.74, 6) is 0.815. The highest BCUT2D eigenvalue weighted by Gasteiger charge is 2.06. The molecule has 148 valence electrons. The van der Waals surface area contributed by atoms with Gasteiger partial charge in [0.05, 0.1) is 13.2 Å². The molecular weight excluding hydrogens is 354 g/mol. The Balaban J connectivity index is 1.42. The molecule has 0 radical (unpaired) electrons. The quantitative estimate of drug-likeness (QED) is 0.479. The summed E-state index contributed by atoms with van der Waals surface area (Å²) in [4.78, 5) is 10.9. The molecule has 0 saturated carbocycles. The van der Waals surface area contributed by atoms with Crippen molar-refractivity contribution in [1.29, 1.82) is 0 Å². The van der Waals surface area contributed by atoms with Crippen molar-refractivity contribution in [3.05, 3.63) is 60.3 Å². The predicted molar refractivity (Wildman–Crippen MR) is 110 cm³/mol. The van der Waals surface area contributed by atoms with Crippen LogP contribution in [0.4, 0.5) is 0 Å². The summed E-state index contributed by atoms with van der Waals surface area (Å²) >= 11 is 0. The van der Waals surface area contributed by atoms with Gasteiger partial charge in [-0.05, 0) is 54.8 Å². The van der Waals surface area contributed by atoms with E-state index in [1.54, 1.807) is 10.8 Å². The molecule has 1 N–H and O–H groups in total. The fraction of sp³-hybridized carbons (Fsp3) is 0.348. The molecule has 0 unspecified atom stereocenters. The summed E-state index contributed by atoms with van der Waals surface area (Å²) < 4.78 is 13.3. The molecule has 5 nitrogen and oxygen atoms in total. The lowest BCUT2D eigenvalue weighted by Gasteiger charge is -2.09. The Labute approximate surface area is 165 Å². The molecule has 0 amide bonds. The Morgan fingerprint density at radius 2 is 1.68 bits per heavy atom. The number of aliphatic carboxylic acids is 1. The highest BCUT2D eigenvalue weighted by atomic mass is 16.5. The van der Waals surface area contributed by atoms with E-state index in [2.05, 4.69) is 19.1 Å². The zero-order valence-electron chi connectivity index (χ0n) is 16.3. The summed E-state index contributed by atoms with van der Waals surface area (Å²) in [6.07, 6.45) is 6.11. The van der Waals surface area contributed by atoms with Gasteiger partial charge >= 0.3 is 5.97 Å². The number of aromatic nitrogens is 1. The van der Waals surface area contributed by atoms with Gasteiger partial charge in [0.1, 0.15) is 18.0 Å². The Hall–Kier alpha value is -2.95. The summed E-state index contributed by atoms with van der Waals surface area (Å²) in [5.41, 5.74) is 2.24. The van der Waals surface area contributed by atoms with Crippen LogP contribution in [0.25, 0.3) is 10.9 Å². The summed E-state index contributed by atoms with van der Waals surface area (Å²) in [6, 6.07) is 15.9. The lowest BCUT2D eigenvalue weighted by atomic mass is 10.1. The molecule has 0 atom stereocenters. The van der Waals surface area contributed by atoms with Crippen molar-refractivity contribution in [2.45, 2.75) is 39.2 Å². The summed E-state index contributed by atoms with van der Waals surface area (Å²) in [5, 5.41) is 9.91. The number of hydrogen-bond donors (Lipinski definition) is 1. The molecule has 1 aromatic heterocycles. The van der Waals surface area contributed by atoms with Crippen LogP contribution in [0.3, 0.4) is 0 Å². The second-order valence-electron chi connectivity index (χ2n) is 6.86. The van der Waals surface area contributed by atoms with Gasteiger partial charge < -0.3 is 19.1 Å². The third-order valence-electron chi connectivity index (χ3n) is 4.62. The molecule has 0 aliphatic rings. The number of aryl methyl sites for hydroxylation is 1. The van der Waals surface area contributed by atoms with E-state index in [1.165, 1.54) is 18.4 Å². The van der Waals surface area contributed by atoms with E-state index in [1.807, 2.05) is 36.4 Å². The monoisotopic (exact) mass is 381 g/mol. The lowest BCUT2D eigenvalue weighted by molar-refractivity contribution is -0.137. The second kappa shape index (κ2) is 9.83. The van der Waals surface area contributed by atoms with Crippen LogP contribution in [0.5, 0.6) is 11.5 Å². The first-order valence-electron chi connectivity index (χ1n) is 9.81. The molecule has 2 aromatic carbocycles. The number of nitrogens with zero attached hydrogens (tertiary/aromatic N) is 1. The standard InChI is InChI=1S/C23H27NO4/c1-2-3-5-18-6-8-20(9-7-18)27-14-4-15-28-21-10-11-22-19(16-21)12-13-24(22)17-23(25)26/h6-13,16H,2-5,14-15,17H2,1H3,(H,25,26). The van der Waals surface area contributed by atoms with Crippen molar-refractivity contribution in [3.8, 4) is 11.5 Å². The molecule has 0 fully saturated rings. The molecule has 3 aromatic rings. The molecule has 0 aliphatic carbocycles. The van der Waals surface area contributed by atoms with Gasteiger partial charge in [-0.2, -0.15) is 0 Å². The van der Waals surface area contributed by atoms with Crippen molar-refractivity contribution in [1.82, 2.24) is 4.57 Å². The second-order valence-corrected chi connectivity index (χ2v) is 6.86. The van der Waals surface area contributed by atoms with Crippen LogP contribution in [-0.4, -0.2) is 28.9 Å². The van der Waals surface area contributed by atoms with E-state index in [0.29, 0.717) is 13.2 Å². The minimum atomic E-state index is -0.853. The topological polar surface area (TPSA) is 60.7 Å². The summed E-state index contributed by atoms with van der Waals surface area (Å²) in [6.45, 7) is 3.33. The fourth-order valence-corrected chi connectivity index (χ4v) is 3.12. The predicted octanol–water partition coefficient (Wildman–Crippen LogP) is 4.92. The van der Waals surface area contributed by atoms with E-state index < -0.39 is 5.97 Å². The lowest BCUT2D eigenvalue weighted by Crippen LogP contribution is -2.07. The van der Waals surface area contributed by atoms with Gasteiger partial charge in [-0.3, -0.25) is 4.79 Å². The van der Waals surface area contributed by atoms with Crippen LogP contribution in [0.15, 0.2) is 54.7 Å². The zero-order valence-corrected chi connectivity index (χ0v) is 16.3. The van der Waals surface area contributed by atoms with Gasteiger partial charge in [0.2, 0.25) is 0 Å². The number of hydrogen-bond acceptors (Lipinski definition) is 3.